The van der Waals surface area contributed by atoms with Crippen molar-refractivity contribution < 1.29 is 9.59 Å². The van der Waals surface area contributed by atoms with Crippen molar-refractivity contribution in [3.63, 3.8) is 0 Å². The van der Waals surface area contributed by atoms with Gasteiger partial charge in [-0.1, -0.05) is 37.1 Å². The highest BCUT2D eigenvalue weighted by atomic mass is 32.1. The number of amides is 2. The van der Waals surface area contributed by atoms with Crippen molar-refractivity contribution in [2.45, 2.75) is 38.1 Å². The van der Waals surface area contributed by atoms with Crippen LogP contribution in [0, 0.1) is 0 Å². The van der Waals surface area contributed by atoms with Crippen LogP contribution in [0.3, 0.4) is 0 Å². The first-order valence-corrected chi connectivity index (χ1v) is 12.5. The van der Waals surface area contributed by atoms with E-state index >= 15 is 0 Å². The van der Waals surface area contributed by atoms with Gasteiger partial charge in [-0.3, -0.25) is 19.3 Å². The van der Waals surface area contributed by atoms with Gasteiger partial charge in [0, 0.05) is 32.3 Å². The summed E-state index contributed by atoms with van der Waals surface area (Å²) < 4.78 is 1.78. The third-order valence-corrected chi connectivity index (χ3v) is 6.54. The molecule has 0 aliphatic rings. The van der Waals surface area contributed by atoms with Crippen LogP contribution in [0.5, 0.6) is 0 Å². The summed E-state index contributed by atoms with van der Waals surface area (Å²) in [6.45, 7) is 0. The second-order valence-corrected chi connectivity index (χ2v) is 9.18. The van der Waals surface area contributed by atoms with Gasteiger partial charge in [-0.05, 0) is 24.5 Å². The fourth-order valence-corrected chi connectivity index (χ4v) is 4.34. The molecule has 182 valence electrons. The molecule has 0 saturated carbocycles. The number of thiazole rings is 1. The smallest absolute Gasteiger partial charge is 0.263 e. The van der Waals surface area contributed by atoms with Gasteiger partial charge in [-0.2, -0.15) is 5.10 Å². The average molecular weight is 492 g/mol. The molecule has 0 aliphatic heterocycles. The van der Waals surface area contributed by atoms with Gasteiger partial charge >= 0.3 is 0 Å². The molecule has 3 heterocycles. The lowest BCUT2D eigenvalue weighted by Gasteiger charge is -2.16. The topological polar surface area (TPSA) is 118 Å². The minimum Gasteiger partial charge on any atom is -0.359 e. The molecule has 0 aliphatic carbocycles. The molecule has 0 fully saturated rings. The number of aromatic amines is 1. The third-order valence-electron chi connectivity index (χ3n) is 5.77. The predicted molar refractivity (Wildman–Crippen MR) is 136 cm³/mol. The van der Waals surface area contributed by atoms with Crippen molar-refractivity contribution in [1.82, 2.24) is 35.4 Å². The van der Waals surface area contributed by atoms with E-state index < -0.39 is 0 Å². The number of carbonyl (C=O) groups excluding carboxylic acids is 2. The molecule has 9 nitrogen and oxygen atoms in total. The summed E-state index contributed by atoms with van der Waals surface area (Å²) in [5.74, 6) is 0.586. The average Bonchev–Trinajstić information content (AvgIpc) is 3.65. The summed E-state index contributed by atoms with van der Waals surface area (Å²) in [6.07, 6.45) is 9.06. The number of unbranched alkanes of at least 4 members (excludes halogenated alkanes) is 2. The first-order valence-electron chi connectivity index (χ1n) is 11.6. The molecule has 3 N–H and O–H groups in total. The lowest BCUT2D eigenvalue weighted by Crippen LogP contribution is -2.28. The third kappa shape index (κ3) is 6.42. The van der Waals surface area contributed by atoms with Gasteiger partial charge < -0.3 is 15.6 Å². The number of carbonyl (C=O) groups is 2. The van der Waals surface area contributed by atoms with Crippen molar-refractivity contribution in [3.8, 4) is 22.5 Å². The molecule has 1 aromatic carbocycles. The predicted octanol–water partition coefficient (Wildman–Crippen LogP) is 4.10. The number of nitrogens with zero attached hydrogens (tertiary/aromatic N) is 4. The Balaban J connectivity index is 1.45. The van der Waals surface area contributed by atoms with Crippen LogP contribution in [0.2, 0.25) is 0 Å². The van der Waals surface area contributed by atoms with Crippen LogP contribution in [0.15, 0.2) is 54.4 Å². The fraction of sp³-hybridized carbons (Fsp3) is 0.320. The summed E-state index contributed by atoms with van der Waals surface area (Å²) in [5, 5.41) is 10.2. The summed E-state index contributed by atoms with van der Waals surface area (Å²) in [6, 6.07) is 9.84. The quantitative estimate of drug-likeness (QED) is 0.273. The molecule has 0 spiro atoms. The molecule has 1 unspecified atom stereocenters. The number of imidazole rings is 1. The first kappa shape index (κ1) is 24.3. The number of hydrogen-bond donors (Lipinski definition) is 3. The highest BCUT2D eigenvalue weighted by Crippen LogP contribution is 2.25. The maximum Gasteiger partial charge on any atom is 0.263 e. The normalized spacial score (nSPS) is 11.8. The maximum absolute atomic E-state index is 12.7. The zero-order chi connectivity index (χ0) is 24.6. The Kier molecular flexibility index (Phi) is 8.04. The molecule has 0 radical (unpaired) electrons. The Morgan fingerprint density at radius 3 is 2.57 bits per heavy atom. The minimum atomic E-state index is -0.272. The highest BCUT2D eigenvalue weighted by Gasteiger charge is 2.20. The maximum atomic E-state index is 12.7. The van der Waals surface area contributed by atoms with E-state index in [9.17, 15) is 9.59 Å². The SMILES string of the molecule is CNC(=O)CCCCCC(NC(=O)c1cncs1)c1ncc(-c2ccc(-c3ccn(C)n3)cc2)[nH]1. The van der Waals surface area contributed by atoms with E-state index in [-0.39, 0.29) is 17.9 Å². The van der Waals surface area contributed by atoms with Gasteiger partial charge in [0.15, 0.2) is 0 Å². The number of rotatable bonds is 11. The van der Waals surface area contributed by atoms with Gasteiger partial charge in [0.05, 0.1) is 35.3 Å². The number of aromatic nitrogens is 5. The number of H-pyrrole nitrogens is 1. The minimum absolute atomic E-state index is 0.0461. The van der Waals surface area contributed by atoms with Crippen LogP contribution in [-0.4, -0.2) is 43.6 Å². The van der Waals surface area contributed by atoms with Gasteiger partial charge in [0.2, 0.25) is 5.91 Å². The van der Waals surface area contributed by atoms with Crippen molar-refractivity contribution in [2.24, 2.45) is 7.05 Å². The number of nitrogens with one attached hydrogen (secondary N) is 3. The lowest BCUT2D eigenvalue weighted by molar-refractivity contribution is -0.120. The molecular formula is C25H29N7O2S. The van der Waals surface area contributed by atoms with Crippen LogP contribution >= 0.6 is 11.3 Å². The molecule has 2 amide bonds. The molecule has 1 atom stereocenters. The first-order chi connectivity index (χ1) is 17.0. The molecular weight excluding hydrogens is 462 g/mol. The number of aryl methyl sites for hydroxylation is 1. The van der Waals surface area contributed by atoms with Gasteiger partial charge in [-0.25, -0.2) is 4.98 Å². The molecule has 3 aromatic heterocycles. The molecule has 0 saturated heterocycles. The van der Waals surface area contributed by atoms with Crippen molar-refractivity contribution in [2.75, 3.05) is 7.05 Å². The zero-order valence-corrected chi connectivity index (χ0v) is 20.6. The van der Waals surface area contributed by atoms with Gasteiger partial charge in [-0.15, -0.1) is 11.3 Å². The second kappa shape index (κ2) is 11.6. The van der Waals surface area contributed by atoms with E-state index in [0.29, 0.717) is 23.5 Å². The van der Waals surface area contributed by atoms with Gasteiger partial charge in [0.25, 0.3) is 5.91 Å². The van der Waals surface area contributed by atoms with Crippen LogP contribution in [0.25, 0.3) is 22.5 Å². The van der Waals surface area contributed by atoms with Crippen LogP contribution in [-0.2, 0) is 11.8 Å². The monoisotopic (exact) mass is 491 g/mol. The van der Waals surface area contributed by atoms with Crippen LogP contribution in [0.1, 0.15) is 53.6 Å². The fourth-order valence-electron chi connectivity index (χ4n) is 3.82. The zero-order valence-electron chi connectivity index (χ0n) is 19.8. The Morgan fingerprint density at radius 2 is 1.89 bits per heavy atom. The molecule has 0 bridgehead atoms. The Labute approximate surface area is 208 Å². The van der Waals surface area contributed by atoms with Crippen LogP contribution < -0.4 is 10.6 Å². The second-order valence-electron chi connectivity index (χ2n) is 8.30. The van der Waals surface area contributed by atoms with E-state index in [2.05, 4.69) is 30.7 Å². The highest BCUT2D eigenvalue weighted by molar-refractivity contribution is 7.11. The van der Waals surface area contributed by atoms with Crippen molar-refractivity contribution in [1.29, 1.82) is 0 Å². The molecule has 35 heavy (non-hydrogen) atoms. The van der Waals surface area contributed by atoms with E-state index in [1.165, 1.54) is 11.3 Å². The summed E-state index contributed by atoms with van der Waals surface area (Å²) >= 11 is 1.30. The summed E-state index contributed by atoms with van der Waals surface area (Å²) in [5.41, 5.74) is 5.49. The van der Waals surface area contributed by atoms with Crippen molar-refractivity contribution in [3.05, 3.63) is 65.1 Å². The van der Waals surface area contributed by atoms with Crippen LogP contribution in [0.4, 0.5) is 0 Å². The Bertz CT molecular complexity index is 1250. The van der Waals surface area contributed by atoms with E-state index in [1.54, 1.807) is 29.6 Å². The Morgan fingerprint density at radius 1 is 1.09 bits per heavy atom. The number of benzene rings is 1. The standard InChI is InChI=1S/C25H29N7O2S/c1-26-23(33)7-5-3-4-6-20(30-25(34)22-15-27-16-35-22)24-28-14-21(29-24)18-10-8-17(9-11-18)19-12-13-32(2)31-19/h8-16,20H,3-7H2,1-2H3,(H,26,33)(H,28,29)(H,30,34). The lowest BCUT2D eigenvalue weighted by atomic mass is 10.1. The molecule has 10 heteroatoms. The summed E-state index contributed by atoms with van der Waals surface area (Å²) in [7, 11) is 3.55. The van der Waals surface area contributed by atoms with E-state index in [4.69, 9.17) is 0 Å². The Hall–Kier alpha value is -3.79. The van der Waals surface area contributed by atoms with E-state index in [1.807, 2.05) is 43.6 Å². The molecule has 4 aromatic rings. The number of hydrogen-bond acceptors (Lipinski definition) is 6. The van der Waals surface area contributed by atoms with Gasteiger partial charge in [0.1, 0.15) is 10.7 Å². The summed E-state index contributed by atoms with van der Waals surface area (Å²) in [4.78, 5) is 36.7. The largest absolute Gasteiger partial charge is 0.359 e. The van der Waals surface area contributed by atoms with E-state index in [0.717, 1.165) is 41.8 Å². The van der Waals surface area contributed by atoms with Crippen molar-refractivity contribution >= 4 is 23.2 Å². The molecule has 4 rings (SSSR count).